The highest BCUT2D eigenvalue weighted by Crippen LogP contribution is 2.32. The number of thioether (sulfide) groups is 1. The Kier molecular flexibility index (Phi) is 5.88. The minimum atomic E-state index is -0.433. The van der Waals surface area contributed by atoms with Gasteiger partial charge in [0.2, 0.25) is 5.91 Å². The number of carbonyl (C=O) groups excluding carboxylic acids is 1. The molecule has 1 amide bonds. The quantitative estimate of drug-likeness (QED) is 0.471. The second-order valence-electron chi connectivity index (χ2n) is 7.97. The first-order chi connectivity index (χ1) is 15.3. The van der Waals surface area contributed by atoms with E-state index in [0.29, 0.717) is 15.9 Å². The van der Waals surface area contributed by atoms with E-state index in [2.05, 4.69) is 10.3 Å². The smallest absolute Gasteiger partial charge is 0.325 e. The van der Waals surface area contributed by atoms with Gasteiger partial charge in [0.15, 0.2) is 0 Å². The van der Waals surface area contributed by atoms with E-state index in [0.717, 1.165) is 26.6 Å². The molecule has 164 valence electrons. The minimum absolute atomic E-state index is 0.0949. The molecule has 32 heavy (non-hydrogen) atoms. The van der Waals surface area contributed by atoms with Gasteiger partial charge in [-0.15, -0.1) is 11.8 Å². The average Bonchev–Trinajstić information content (AvgIpc) is 2.79. The number of anilines is 1. The van der Waals surface area contributed by atoms with E-state index >= 15 is 0 Å². The van der Waals surface area contributed by atoms with Crippen LogP contribution >= 0.6 is 11.8 Å². The van der Waals surface area contributed by atoms with Crippen molar-refractivity contribution in [1.29, 1.82) is 0 Å². The van der Waals surface area contributed by atoms with Gasteiger partial charge in [-0.1, -0.05) is 50.2 Å². The molecule has 0 spiro atoms. The van der Waals surface area contributed by atoms with Crippen molar-refractivity contribution in [2.24, 2.45) is 14.1 Å². The SMILES string of the molecule is CC(C)c1cnc2c(c1SCC(=O)Nc1cccc3ccccc13)c(=O)n(C)c(=O)n2C. The van der Waals surface area contributed by atoms with Crippen LogP contribution in [0.5, 0.6) is 0 Å². The van der Waals surface area contributed by atoms with Gasteiger partial charge in [0, 0.05) is 36.3 Å². The molecule has 4 rings (SSSR count). The molecule has 0 aliphatic carbocycles. The van der Waals surface area contributed by atoms with Crippen molar-refractivity contribution in [1.82, 2.24) is 14.1 Å². The van der Waals surface area contributed by atoms with E-state index in [9.17, 15) is 14.4 Å². The maximum absolute atomic E-state index is 13.0. The van der Waals surface area contributed by atoms with Crippen molar-refractivity contribution in [2.75, 3.05) is 11.1 Å². The molecule has 0 bridgehead atoms. The van der Waals surface area contributed by atoms with Crippen LogP contribution in [0.1, 0.15) is 25.3 Å². The van der Waals surface area contributed by atoms with Gasteiger partial charge < -0.3 is 5.32 Å². The molecule has 8 heteroatoms. The van der Waals surface area contributed by atoms with Crippen LogP contribution in [0.4, 0.5) is 5.69 Å². The Bertz CT molecular complexity index is 1470. The standard InChI is InChI=1S/C24H24N4O3S/c1-14(2)17-12-25-22-20(23(30)28(4)24(31)27(22)3)21(17)32-13-19(29)26-18-11-7-9-15-8-5-6-10-16(15)18/h5-12,14H,13H2,1-4H3,(H,26,29). The Balaban J connectivity index is 1.71. The second kappa shape index (κ2) is 8.63. The highest BCUT2D eigenvalue weighted by atomic mass is 32.2. The monoisotopic (exact) mass is 448 g/mol. The average molecular weight is 449 g/mol. The molecular formula is C24H24N4O3S. The summed E-state index contributed by atoms with van der Waals surface area (Å²) in [6.07, 6.45) is 1.69. The molecule has 2 heterocycles. The second-order valence-corrected chi connectivity index (χ2v) is 8.95. The van der Waals surface area contributed by atoms with Gasteiger partial charge in [0.05, 0.1) is 11.1 Å². The molecule has 0 radical (unpaired) electrons. The largest absolute Gasteiger partial charge is 0.332 e. The number of fused-ring (bicyclic) bond motifs is 2. The van der Waals surface area contributed by atoms with Gasteiger partial charge in [-0.3, -0.25) is 18.7 Å². The molecule has 0 saturated carbocycles. The van der Waals surface area contributed by atoms with Crippen LogP contribution in [0.2, 0.25) is 0 Å². The summed E-state index contributed by atoms with van der Waals surface area (Å²) in [5.74, 6) is 0.0405. The predicted molar refractivity (Wildman–Crippen MR) is 130 cm³/mol. The van der Waals surface area contributed by atoms with Crippen molar-refractivity contribution in [3.05, 3.63) is 75.1 Å². The molecule has 2 aromatic carbocycles. The molecule has 4 aromatic rings. The summed E-state index contributed by atoms with van der Waals surface area (Å²) in [5, 5.41) is 5.36. The van der Waals surface area contributed by atoms with Crippen molar-refractivity contribution in [3.8, 4) is 0 Å². The fraction of sp³-hybridized carbons (Fsp3) is 0.250. The molecule has 2 aromatic heterocycles. The van der Waals surface area contributed by atoms with Gasteiger partial charge in [-0.05, 0) is 22.9 Å². The van der Waals surface area contributed by atoms with E-state index in [4.69, 9.17) is 0 Å². The first kappa shape index (κ1) is 21.8. The number of pyridine rings is 1. The van der Waals surface area contributed by atoms with Crippen molar-refractivity contribution in [2.45, 2.75) is 24.7 Å². The molecule has 0 atom stereocenters. The van der Waals surface area contributed by atoms with Crippen molar-refractivity contribution < 1.29 is 4.79 Å². The third-order valence-electron chi connectivity index (χ3n) is 5.48. The van der Waals surface area contributed by atoms with E-state index in [1.54, 1.807) is 13.2 Å². The molecule has 0 aliphatic heterocycles. The Morgan fingerprint density at radius 1 is 1.06 bits per heavy atom. The fourth-order valence-corrected chi connectivity index (χ4v) is 4.87. The number of aromatic nitrogens is 3. The Morgan fingerprint density at radius 3 is 2.53 bits per heavy atom. The van der Waals surface area contributed by atoms with E-state index in [1.165, 1.54) is 23.4 Å². The number of amides is 1. The lowest BCUT2D eigenvalue weighted by Gasteiger charge is -2.16. The van der Waals surface area contributed by atoms with Crippen LogP contribution in [0, 0.1) is 0 Å². The number of carbonyl (C=O) groups is 1. The Hall–Kier alpha value is -3.39. The number of aryl methyl sites for hydroxylation is 1. The molecule has 7 nitrogen and oxygen atoms in total. The summed E-state index contributed by atoms with van der Waals surface area (Å²) in [6, 6.07) is 13.6. The minimum Gasteiger partial charge on any atom is -0.325 e. The van der Waals surface area contributed by atoms with Crippen LogP contribution in [0.3, 0.4) is 0 Å². The number of benzene rings is 2. The molecule has 0 unspecified atom stereocenters. The zero-order valence-electron chi connectivity index (χ0n) is 18.4. The van der Waals surface area contributed by atoms with Gasteiger partial charge in [-0.25, -0.2) is 9.78 Å². The normalized spacial score (nSPS) is 11.4. The number of hydrogen-bond donors (Lipinski definition) is 1. The van der Waals surface area contributed by atoms with Crippen LogP contribution < -0.4 is 16.6 Å². The number of nitrogens with one attached hydrogen (secondary N) is 1. The van der Waals surface area contributed by atoms with Crippen molar-refractivity contribution >= 4 is 45.2 Å². The van der Waals surface area contributed by atoms with Crippen LogP contribution in [0.15, 0.2) is 63.1 Å². The van der Waals surface area contributed by atoms with E-state index in [-0.39, 0.29) is 17.6 Å². The van der Waals surface area contributed by atoms with E-state index < -0.39 is 11.2 Å². The van der Waals surface area contributed by atoms with Crippen LogP contribution in [0.25, 0.3) is 21.8 Å². The van der Waals surface area contributed by atoms with Gasteiger partial charge in [0.1, 0.15) is 5.65 Å². The third kappa shape index (κ3) is 3.82. The summed E-state index contributed by atoms with van der Waals surface area (Å²) in [7, 11) is 3.04. The lowest BCUT2D eigenvalue weighted by atomic mass is 10.0. The first-order valence-electron chi connectivity index (χ1n) is 10.3. The highest BCUT2D eigenvalue weighted by Gasteiger charge is 2.20. The molecule has 1 N–H and O–H groups in total. The van der Waals surface area contributed by atoms with Gasteiger partial charge in [-0.2, -0.15) is 0 Å². The molecule has 0 saturated heterocycles. The summed E-state index contributed by atoms with van der Waals surface area (Å²) >= 11 is 1.29. The van der Waals surface area contributed by atoms with Crippen molar-refractivity contribution in [3.63, 3.8) is 0 Å². The number of nitrogens with zero attached hydrogens (tertiary/aromatic N) is 3. The van der Waals surface area contributed by atoms with Crippen LogP contribution in [-0.2, 0) is 18.9 Å². The molecular weight excluding hydrogens is 424 g/mol. The summed E-state index contributed by atoms with van der Waals surface area (Å²) in [6.45, 7) is 4.02. The topological polar surface area (TPSA) is 86.0 Å². The lowest BCUT2D eigenvalue weighted by Crippen LogP contribution is -2.37. The van der Waals surface area contributed by atoms with Gasteiger partial charge >= 0.3 is 5.69 Å². The zero-order chi connectivity index (χ0) is 23.0. The number of rotatable bonds is 5. The Morgan fingerprint density at radius 2 is 1.78 bits per heavy atom. The number of hydrogen-bond acceptors (Lipinski definition) is 5. The first-order valence-corrected chi connectivity index (χ1v) is 11.3. The highest BCUT2D eigenvalue weighted by molar-refractivity contribution is 8.00. The predicted octanol–water partition coefficient (Wildman–Crippen LogP) is 3.64. The molecule has 0 fully saturated rings. The molecule has 0 aliphatic rings. The summed E-state index contributed by atoms with van der Waals surface area (Å²) < 4.78 is 2.44. The lowest BCUT2D eigenvalue weighted by molar-refractivity contribution is -0.113. The fourth-order valence-electron chi connectivity index (χ4n) is 3.74. The zero-order valence-corrected chi connectivity index (χ0v) is 19.2. The third-order valence-corrected chi connectivity index (χ3v) is 6.62. The summed E-state index contributed by atoms with van der Waals surface area (Å²) in [4.78, 5) is 43.2. The maximum atomic E-state index is 13.0. The van der Waals surface area contributed by atoms with E-state index in [1.807, 2.05) is 56.3 Å². The summed E-state index contributed by atoms with van der Waals surface area (Å²) in [5.41, 5.74) is 1.10. The Labute approximate surface area is 189 Å². The van der Waals surface area contributed by atoms with Gasteiger partial charge in [0.25, 0.3) is 5.56 Å². The van der Waals surface area contributed by atoms with Crippen LogP contribution in [-0.4, -0.2) is 25.8 Å². The maximum Gasteiger partial charge on any atom is 0.332 e.